The summed E-state index contributed by atoms with van der Waals surface area (Å²) >= 11 is 0. The van der Waals surface area contributed by atoms with Crippen molar-refractivity contribution in [2.24, 2.45) is 5.92 Å². The Bertz CT molecular complexity index is 888. The lowest BCUT2D eigenvalue weighted by atomic mass is 9.86. The van der Waals surface area contributed by atoms with Gasteiger partial charge in [-0.2, -0.15) is 0 Å². The van der Waals surface area contributed by atoms with E-state index in [2.05, 4.69) is 4.90 Å². The second-order valence-corrected chi connectivity index (χ2v) is 7.99. The van der Waals surface area contributed by atoms with E-state index < -0.39 is 5.97 Å². The number of rotatable bonds is 5. The van der Waals surface area contributed by atoms with Gasteiger partial charge >= 0.3 is 12.1 Å². The maximum absolute atomic E-state index is 13.2. The van der Waals surface area contributed by atoms with Gasteiger partial charge in [0.15, 0.2) is 0 Å². The number of anilines is 1. The standard InChI is InChI=1S/C23H26N2O4/c1-16-3-2-4-20(13-16)25(14-17-5-7-19(8-6-17)22(26)27)23(28)29-21-15-24-11-9-18(21)10-12-24/h2-8,13,18,21H,9-12,14-15H2,1H3,(H,26,27)/t21-/m0/s1. The second-order valence-electron chi connectivity index (χ2n) is 7.99. The maximum Gasteiger partial charge on any atom is 0.414 e. The Morgan fingerprint density at radius 2 is 1.86 bits per heavy atom. The van der Waals surface area contributed by atoms with Crippen LogP contribution in [0, 0.1) is 12.8 Å². The third-order valence-electron chi connectivity index (χ3n) is 5.92. The Balaban J connectivity index is 1.54. The van der Waals surface area contributed by atoms with Gasteiger partial charge in [-0.15, -0.1) is 0 Å². The van der Waals surface area contributed by atoms with E-state index in [0.717, 1.165) is 49.3 Å². The lowest BCUT2D eigenvalue weighted by Gasteiger charge is -2.44. The van der Waals surface area contributed by atoms with Crippen LogP contribution in [0.5, 0.6) is 0 Å². The number of hydrogen-bond donors (Lipinski definition) is 1. The number of piperidine rings is 3. The molecule has 1 amide bonds. The minimum Gasteiger partial charge on any atom is -0.478 e. The third-order valence-corrected chi connectivity index (χ3v) is 5.92. The minimum absolute atomic E-state index is 0.0632. The highest BCUT2D eigenvalue weighted by molar-refractivity contribution is 5.89. The van der Waals surface area contributed by atoms with Crippen molar-refractivity contribution in [2.45, 2.75) is 32.4 Å². The molecular formula is C23H26N2O4. The molecule has 3 aliphatic rings. The van der Waals surface area contributed by atoms with Crippen LogP contribution in [0.25, 0.3) is 0 Å². The van der Waals surface area contributed by atoms with E-state index in [4.69, 9.17) is 9.84 Å². The average Bonchev–Trinajstić information content (AvgIpc) is 2.73. The smallest absolute Gasteiger partial charge is 0.414 e. The number of amides is 1. The Morgan fingerprint density at radius 3 is 2.45 bits per heavy atom. The van der Waals surface area contributed by atoms with Crippen molar-refractivity contribution in [3.05, 3.63) is 65.2 Å². The topological polar surface area (TPSA) is 70.1 Å². The quantitative estimate of drug-likeness (QED) is 0.832. The van der Waals surface area contributed by atoms with Gasteiger partial charge in [0.05, 0.1) is 12.1 Å². The molecule has 1 atom stereocenters. The first-order valence-electron chi connectivity index (χ1n) is 10.1. The first-order valence-corrected chi connectivity index (χ1v) is 10.1. The molecule has 0 unspecified atom stereocenters. The van der Waals surface area contributed by atoms with Crippen molar-refractivity contribution in [1.29, 1.82) is 0 Å². The summed E-state index contributed by atoms with van der Waals surface area (Å²) < 4.78 is 5.97. The van der Waals surface area contributed by atoms with E-state index in [1.54, 1.807) is 29.2 Å². The molecule has 0 aromatic heterocycles. The van der Waals surface area contributed by atoms with Crippen LogP contribution < -0.4 is 4.90 Å². The number of carbonyl (C=O) groups is 2. The summed E-state index contributed by atoms with van der Waals surface area (Å²) in [6.45, 7) is 5.31. The summed E-state index contributed by atoms with van der Waals surface area (Å²) in [4.78, 5) is 28.3. The molecule has 2 bridgehead atoms. The molecule has 5 rings (SSSR count). The van der Waals surface area contributed by atoms with E-state index >= 15 is 0 Å². The number of benzene rings is 2. The number of carbonyl (C=O) groups excluding carboxylic acids is 1. The highest BCUT2D eigenvalue weighted by Crippen LogP contribution is 2.30. The van der Waals surface area contributed by atoms with Gasteiger partial charge in [0.25, 0.3) is 0 Å². The van der Waals surface area contributed by atoms with Crippen LogP contribution >= 0.6 is 0 Å². The van der Waals surface area contributed by atoms with Gasteiger partial charge in [-0.25, -0.2) is 9.59 Å². The SMILES string of the molecule is Cc1cccc(N(Cc2ccc(C(=O)O)cc2)C(=O)O[C@H]2CN3CCC2CC3)c1. The van der Waals surface area contributed by atoms with Crippen LogP contribution in [0.3, 0.4) is 0 Å². The molecule has 2 aromatic carbocycles. The number of carboxylic acids is 1. The summed E-state index contributed by atoms with van der Waals surface area (Å²) in [7, 11) is 0. The van der Waals surface area contributed by atoms with Crippen molar-refractivity contribution in [2.75, 3.05) is 24.5 Å². The van der Waals surface area contributed by atoms with Gasteiger partial charge in [-0.05, 0) is 74.2 Å². The number of carboxylic acid groups (broad SMARTS) is 1. The number of hydrogen-bond acceptors (Lipinski definition) is 4. The monoisotopic (exact) mass is 394 g/mol. The van der Waals surface area contributed by atoms with Crippen LogP contribution in [0.2, 0.25) is 0 Å². The number of aryl methyl sites for hydroxylation is 1. The molecule has 3 saturated heterocycles. The summed E-state index contributed by atoms with van der Waals surface area (Å²) in [5.74, 6) is -0.521. The molecule has 29 heavy (non-hydrogen) atoms. The lowest BCUT2D eigenvalue weighted by Crippen LogP contribution is -2.53. The molecular weight excluding hydrogens is 368 g/mol. The van der Waals surface area contributed by atoms with E-state index in [-0.39, 0.29) is 17.8 Å². The lowest BCUT2D eigenvalue weighted by molar-refractivity contribution is -0.0311. The Labute approximate surface area is 170 Å². The van der Waals surface area contributed by atoms with Crippen LogP contribution in [-0.4, -0.2) is 47.8 Å². The number of ether oxygens (including phenoxy) is 1. The van der Waals surface area contributed by atoms with Crippen LogP contribution in [-0.2, 0) is 11.3 Å². The molecule has 3 heterocycles. The van der Waals surface area contributed by atoms with Crippen molar-refractivity contribution < 1.29 is 19.4 Å². The van der Waals surface area contributed by atoms with E-state index in [9.17, 15) is 9.59 Å². The van der Waals surface area contributed by atoms with Gasteiger partial charge in [0.2, 0.25) is 0 Å². The fraction of sp³-hybridized carbons (Fsp3) is 0.391. The fourth-order valence-corrected chi connectivity index (χ4v) is 4.23. The first-order chi connectivity index (χ1) is 14.0. The summed E-state index contributed by atoms with van der Waals surface area (Å²) in [6.07, 6.45) is 1.75. The molecule has 6 nitrogen and oxygen atoms in total. The maximum atomic E-state index is 13.2. The van der Waals surface area contributed by atoms with E-state index in [1.807, 2.05) is 31.2 Å². The van der Waals surface area contributed by atoms with Crippen LogP contribution in [0.1, 0.15) is 34.3 Å². The molecule has 2 aromatic rings. The molecule has 3 fully saturated rings. The zero-order valence-electron chi connectivity index (χ0n) is 16.6. The summed E-state index contributed by atoms with van der Waals surface area (Å²) in [5.41, 5.74) is 2.91. The number of nitrogens with zero attached hydrogens (tertiary/aromatic N) is 2. The van der Waals surface area contributed by atoms with Crippen LogP contribution in [0.15, 0.2) is 48.5 Å². The van der Waals surface area contributed by atoms with E-state index in [1.165, 1.54) is 0 Å². The zero-order valence-corrected chi connectivity index (χ0v) is 16.6. The average molecular weight is 394 g/mol. The molecule has 6 heteroatoms. The van der Waals surface area contributed by atoms with Crippen molar-refractivity contribution in [3.8, 4) is 0 Å². The molecule has 152 valence electrons. The van der Waals surface area contributed by atoms with Gasteiger partial charge in [0.1, 0.15) is 6.10 Å². The van der Waals surface area contributed by atoms with Gasteiger partial charge in [0, 0.05) is 12.2 Å². The molecule has 0 radical (unpaired) electrons. The molecule has 1 N–H and O–H groups in total. The van der Waals surface area contributed by atoms with Gasteiger partial charge in [-0.3, -0.25) is 9.80 Å². The molecule has 0 saturated carbocycles. The Morgan fingerprint density at radius 1 is 1.14 bits per heavy atom. The highest BCUT2D eigenvalue weighted by atomic mass is 16.6. The fourth-order valence-electron chi connectivity index (χ4n) is 4.23. The Kier molecular flexibility index (Phi) is 5.53. The van der Waals surface area contributed by atoms with Crippen molar-refractivity contribution >= 4 is 17.7 Å². The molecule has 0 spiro atoms. The van der Waals surface area contributed by atoms with Crippen molar-refractivity contribution in [1.82, 2.24) is 4.90 Å². The molecule has 0 aliphatic carbocycles. The molecule has 3 aliphatic heterocycles. The van der Waals surface area contributed by atoms with Crippen LogP contribution in [0.4, 0.5) is 10.5 Å². The summed E-state index contributed by atoms with van der Waals surface area (Å²) in [5, 5.41) is 9.10. The largest absolute Gasteiger partial charge is 0.478 e. The van der Waals surface area contributed by atoms with Crippen molar-refractivity contribution in [3.63, 3.8) is 0 Å². The predicted molar refractivity (Wildman–Crippen MR) is 110 cm³/mol. The number of fused-ring (bicyclic) bond motifs is 3. The summed E-state index contributed by atoms with van der Waals surface area (Å²) in [6, 6.07) is 14.4. The predicted octanol–water partition coefficient (Wildman–Crippen LogP) is 3.93. The first kappa shape index (κ1) is 19.5. The normalized spacial score (nSPS) is 22.9. The third kappa shape index (κ3) is 4.43. The van der Waals surface area contributed by atoms with E-state index in [0.29, 0.717) is 12.5 Å². The minimum atomic E-state index is -0.964. The van der Waals surface area contributed by atoms with Gasteiger partial charge in [-0.1, -0.05) is 24.3 Å². The second kappa shape index (κ2) is 8.25. The Hall–Kier alpha value is -2.86. The highest BCUT2D eigenvalue weighted by Gasteiger charge is 2.37. The van der Waals surface area contributed by atoms with Gasteiger partial charge < -0.3 is 9.84 Å². The number of aromatic carboxylic acids is 1. The zero-order chi connectivity index (χ0) is 20.4.